The van der Waals surface area contributed by atoms with Gasteiger partial charge in [-0.25, -0.2) is 9.59 Å². The van der Waals surface area contributed by atoms with Gasteiger partial charge in [-0.3, -0.25) is 4.79 Å². The smallest absolute Gasteiger partial charge is 0.335 e. The molecule has 27 unspecified atom stereocenters. The Kier molecular flexibility index (Phi) is 17.6. The van der Waals surface area contributed by atoms with Crippen LogP contribution >= 0.6 is 0 Å². The summed E-state index contributed by atoms with van der Waals surface area (Å²) in [5.74, 6) is -4.07. The minimum absolute atomic E-state index is 0.163. The summed E-state index contributed by atoms with van der Waals surface area (Å²) >= 11 is 0. The molecule has 5 aliphatic carbocycles. The molecule has 0 bridgehead atoms. The van der Waals surface area contributed by atoms with Crippen molar-refractivity contribution < 1.29 is 119 Å². The number of aliphatic hydroxyl groups is 12. The topological polar surface area (TPSA) is 388 Å². The highest BCUT2D eigenvalue weighted by Crippen LogP contribution is 2.76. The monoisotopic (exact) mass is 1130 g/mol. The summed E-state index contributed by atoms with van der Waals surface area (Å²) in [6.45, 7) is 16.1. The van der Waals surface area contributed by atoms with Crippen molar-refractivity contribution >= 4 is 17.9 Å². The zero-order chi connectivity index (χ0) is 58.6. The van der Waals surface area contributed by atoms with E-state index in [1.165, 1.54) is 6.92 Å². The molecule has 3 aliphatic heterocycles. The zero-order valence-electron chi connectivity index (χ0n) is 46.6. The second kappa shape index (κ2) is 22.3. The largest absolute Gasteiger partial charge is 0.479 e. The standard InChI is InChI=1S/C55H86O24/c1-11-22(2)46(71)79-44-43(72-23(3)59)50(4,5)18-25-24-12-13-29-52(8)16-15-30(51(6,7)28(52)14-17-53(29,9)54(24,10)41(67)42(68)55(25,44)21-58)75-49-40(78-48-36(65)34(63)32(61)27(20-57)74-48)38(37(66)39(77-49)45(69)70)76-47-35(64)33(62)31(60)26(19-56)73-47/h11-12,25-44,47-49,56-58,60-68H,13-21H2,1-10H3,(H,69,70). The van der Waals surface area contributed by atoms with Crippen LogP contribution in [0, 0.1) is 50.2 Å². The third-order valence-electron chi connectivity index (χ3n) is 21.0. The number of rotatable bonds is 13. The van der Waals surface area contributed by atoms with E-state index in [4.69, 9.17) is 37.9 Å². The van der Waals surface area contributed by atoms with Crippen molar-refractivity contribution in [2.45, 2.75) is 230 Å². The fourth-order valence-electron chi connectivity index (χ4n) is 16.3. The number of hydrogen-bond donors (Lipinski definition) is 13. The molecular weight excluding hydrogens is 1040 g/mol. The van der Waals surface area contributed by atoms with Crippen LogP contribution in [0.1, 0.15) is 108 Å². The lowest BCUT2D eigenvalue weighted by molar-refractivity contribution is -0.396. The number of carboxylic acids is 1. The molecule has 24 nitrogen and oxygen atoms in total. The maximum atomic E-state index is 13.7. The van der Waals surface area contributed by atoms with Crippen LogP contribution in [-0.2, 0) is 52.3 Å². The maximum Gasteiger partial charge on any atom is 0.335 e. The summed E-state index contributed by atoms with van der Waals surface area (Å²) < 4.78 is 48.6. The lowest BCUT2D eigenvalue weighted by Crippen LogP contribution is -2.76. The fourth-order valence-corrected chi connectivity index (χ4v) is 16.3. The van der Waals surface area contributed by atoms with Crippen molar-refractivity contribution in [3.05, 3.63) is 23.3 Å². The molecule has 13 N–H and O–H groups in total. The van der Waals surface area contributed by atoms with Crippen molar-refractivity contribution in [2.75, 3.05) is 19.8 Å². The quantitative estimate of drug-likeness (QED) is 0.0440. The summed E-state index contributed by atoms with van der Waals surface area (Å²) in [6.07, 6.45) is -28.8. The summed E-state index contributed by atoms with van der Waals surface area (Å²) in [4.78, 5) is 39.3. The first kappa shape index (κ1) is 62.2. The van der Waals surface area contributed by atoms with Crippen LogP contribution in [0.25, 0.3) is 0 Å². The van der Waals surface area contributed by atoms with Crippen molar-refractivity contribution in [2.24, 2.45) is 50.2 Å². The summed E-state index contributed by atoms with van der Waals surface area (Å²) in [7, 11) is 0. The van der Waals surface area contributed by atoms with Crippen molar-refractivity contribution in [3.8, 4) is 0 Å². The zero-order valence-corrected chi connectivity index (χ0v) is 46.6. The first-order valence-electron chi connectivity index (χ1n) is 27.6. The minimum atomic E-state index is -2.20. The molecule has 79 heavy (non-hydrogen) atoms. The van der Waals surface area contributed by atoms with Gasteiger partial charge in [-0.15, -0.1) is 0 Å². The van der Waals surface area contributed by atoms with Gasteiger partial charge in [-0.05, 0) is 86.4 Å². The number of fused-ring (bicyclic) bond motifs is 7. The Morgan fingerprint density at radius 2 is 1.23 bits per heavy atom. The highest BCUT2D eigenvalue weighted by atomic mass is 16.8. The Morgan fingerprint density at radius 3 is 1.75 bits per heavy atom. The predicted molar refractivity (Wildman–Crippen MR) is 269 cm³/mol. The van der Waals surface area contributed by atoms with Crippen molar-refractivity contribution in [3.63, 3.8) is 0 Å². The summed E-state index contributed by atoms with van der Waals surface area (Å²) in [5, 5.41) is 145. The van der Waals surface area contributed by atoms with E-state index in [0.717, 1.165) is 5.57 Å². The van der Waals surface area contributed by atoms with E-state index in [0.29, 0.717) is 32.1 Å². The first-order chi connectivity index (χ1) is 36.8. The lowest BCUT2D eigenvalue weighted by atomic mass is 9.32. The molecule has 27 atom stereocenters. The van der Waals surface area contributed by atoms with E-state index >= 15 is 0 Å². The highest BCUT2D eigenvalue weighted by Gasteiger charge is 2.76. The summed E-state index contributed by atoms with van der Waals surface area (Å²) in [5.41, 5.74) is -4.71. The van der Waals surface area contributed by atoms with E-state index in [2.05, 4.69) is 19.9 Å². The van der Waals surface area contributed by atoms with Crippen LogP contribution in [0.15, 0.2) is 23.3 Å². The van der Waals surface area contributed by atoms with Gasteiger partial charge in [0, 0.05) is 23.3 Å². The van der Waals surface area contributed by atoms with Gasteiger partial charge >= 0.3 is 17.9 Å². The van der Waals surface area contributed by atoms with E-state index in [-0.39, 0.29) is 23.8 Å². The maximum absolute atomic E-state index is 13.7. The third-order valence-corrected chi connectivity index (χ3v) is 21.0. The normalized spacial score (nSPS) is 50.4. The van der Waals surface area contributed by atoms with Crippen LogP contribution in [0.3, 0.4) is 0 Å². The molecule has 0 amide bonds. The molecule has 8 rings (SSSR count). The predicted octanol–water partition coefficient (Wildman–Crippen LogP) is -1.32. The second-order valence-electron chi connectivity index (χ2n) is 25.7. The van der Waals surface area contributed by atoms with Crippen molar-refractivity contribution in [1.82, 2.24) is 0 Å². The number of carbonyl (C=O) groups is 3. The molecule has 0 aromatic rings. The molecule has 0 aromatic heterocycles. The molecule has 450 valence electrons. The van der Waals surface area contributed by atoms with Gasteiger partial charge in [-0.2, -0.15) is 0 Å². The molecule has 3 saturated heterocycles. The Balaban J connectivity index is 1.14. The van der Waals surface area contributed by atoms with Crippen LogP contribution in [0.4, 0.5) is 0 Å². The average Bonchev–Trinajstić information content (AvgIpc) is 3.59. The number of ether oxygens (including phenoxy) is 8. The second-order valence-corrected chi connectivity index (χ2v) is 25.7. The number of allylic oxidation sites excluding steroid dienone is 2. The van der Waals surface area contributed by atoms with Crippen LogP contribution < -0.4 is 0 Å². The molecule has 0 aromatic carbocycles. The SMILES string of the molecule is CC=C(C)C(=O)OC1C(OC(C)=O)C(C)(C)CC2C3=CCC4C5(C)CCC(OC6OC(C(=O)O)C(O)C(OC7OC(CO)C(O)C(O)C7O)C6OC6OC(CO)C(O)C(O)C6O)C(C)(C)C5CCC4(C)C3(C)C(O)C(O)C21CO. The average molecular weight is 1130 g/mol. The molecule has 0 spiro atoms. The van der Waals surface area contributed by atoms with Crippen molar-refractivity contribution in [1.29, 1.82) is 0 Å². The number of carboxylic acid groups (broad SMARTS) is 1. The Morgan fingerprint density at radius 1 is 0.658 bits per heavy atom. The third kappa shape index (κ3) is 9.75. The lowest BCUT2D eigenvalue weighted by Gasteiger charge is -2.73. The molecule has 0 radical (unpaired) electrons. The number of hydrogen-bond acceptors (Lipinski definition) is 23. The summed E-state index contributed by atoms with van der Waals surface area (Å²) in [6, 6.07) is 0. The fraction of sp³-hybridized carbons (Fsp3) is 0.873. The molecule has 4 saturated carbocycles. The van der Waals surface area contributed by atoms with E-state index in [9.17, 15) is 80.8 Å². The van der Waals surface area contributed by atoms with Gasteiger partial charge in [0.1, 0.15) is 73.2 Å². The number of aliphatic hydroxyl groups excluding tert-OH is 12. The highest BCUT2D eigenvalue weighted by molar-refractivity contribution is 5.88. The Hall–Kier alpha value is -2.83. The molecular formula is C55H86O24. The van der Waals surface area contributed by atoms with E-state index < -0.39 is 199 Å². The van der Waals surface area contributed by atoms with E-state index in [1.807, 2.05) is 34.6 Å². The first-order valence-corrected chi connectivity index (χ1v) is 27.6. The van der Waals surface area contributed by atoms with Gasteiger partial charge < -0.3 is 104 Å². The molecule has 8 aliphatic rings. The molecule has 3 heterocycles. The van der Waals surface area contributed by atoms with Crippen LogP contribution in [0.2, 0.25) is 0 Å². The minimum Gasteiger partial charge on any atom is -0.479 e. The molecule has 7 fully saturated rings. The van der Waals surface area contributed by atoms with Crippen LogP contribution in [-0.4, -0.2) is 227 Å². The van der Waals surface area contributed by atoms with E-state index in [1.54, 1.807) is 19.9 Å². The number of esters is 2. The van der Waals surface area contributed by atoms with Gasteiger partial charge in [-0.1, -0.05) is 66.2 Å². The van der Waals surface area contributed by atoms with Gasteiger partial charge in [0.15, 0.2) is 31.1 Å². The van der Waals surface area contributed by atoms with Gasteiger partial charge in [0.25, 0.3) is 0 Å². The Bertz CT molecular complexity index is 2310. The van der Waals surface area contributed by atoms with Crippen LogP contribution in [0.5, 0.6) is 0 Å². The number of aliphatic carboxylic acids is 1. The van der Waals surface area contributed by atoms with Gasteiger partial charge in [0.2, 0.25) is 0 Å². The van der Waals surface area contributed by atoms with Gasteiger partial charge in [0.05, 0.1) is 43.5 Å². The molecule has 24 heteroatoms. The Labute approximate surface area is 459 Å². The number of carbonyl (C=O) groups excluding carboxylic acids is 2.